The van der Waals surface area contributed by atoms with Crippen LogP contribution in [-0.2, 0) is 4.79 Å². The number of rotatable bonds is 6. The van der Waals surface area contributed by atoms with Crippen LogP contribution in [0, 0.1) is 13.8 Å². The number of amides is 1. The second-order valence-electron chi connectivity index (χ2n) is 5.57. The first-order chi connectivity index (χ1) is 11.5. The molecule has 1 amide bonds. The number of methoxy groups -OCH3 is 1. The van der Waals surface area contributed by atoms with Crippen LogP contribution in [0.25, 0.3) is 0 Å². The summed E-state index contributed by atoms with van der Waals surface area (Å²) in [4.78, 5) is 11.9. The van der Waals surface area contributed by atoms with Gasteiger partial charge in [-0.2, -0.15) is 5.10 Å². The summed E-state index contributed by atoms with van der Waals surface area (Å²) in [6.45, 7) is 5.72. The van der Waals surface area contributed by atoms with E-state index in [-0.39, 0.29) is 12.5 Å². The van der Waals surface area contributed by atoms with Gasteiger partial charge < -0.3 is 9.47 Å². The molecule has 0 radical (unpaired) electrons. The molecule has 24 heavy (non-hydrogen) atoms. The van der Waals surface area contributed by atoms with Gasteiger partial charge in [-0.25, -0.2) is 5.43 Å². The molecule has 0 spiro atoms. The van der Waals surface area contributed by atoms with Crippen LogP contribution in [0.3, 0.4) is 0 Å². The van der Waals surface area contributed by atoms with E-state index in [1.807, 2.05) is 57.2 Å². The summed E-state index contributed by atoms with van der Waals surface area (Å²) in [7, 11) is 1.62. The Labute approximate surface area is 142 Å². The van der Waals surface area contributed by atoms with Crippen molar-refractivity contribution in [2.45, 2.75) is 20.8 Å². The van der Waals surface area contributed by atoms with Crippen LogP contribution in [0.15, 0.2) is 47.6 Å². The van der Waals surface area contributed by atoms with Crippen LogP contribution < -0.4 is 14.9 Å². The number of carbonyl (C=O) groups excluding carboxylic acids is 1. The van der Waals surface area contributed by atoms with Gasteiger partial charge in [-0.3, -0.25) is 4.79 Å². The SMILES string of the molecule is COc1ccc(/C(C)=N\NC(=O)COc2cc(C)cc(C)c2)cc1. The van der Waals surface area contributed by atoms with Crippen LogP contribution in [0.4, 0.5) is 0 Å². The summed E-state index contributed by atoms with van der Waals surface area (Å²) in [5, 5.41) is 4.09. The Kier molecular flexibility index (Phi) is 5.95. The molecule has 0 fully saturated rings. The molecule has 0 unspecified atom stereocenters. The van der Waals surface area contributed by atoms with E-state index in [2.05, 4.69) is 16.6 Å². The predicted octanol–water partition coefficient (Wildman–Crippen LogP) is 3.23. The van der Waals surface area contributed by atoms with E-state index in [9.17, 15) is 4.79 Å². The third kappa shape index (κ3) is 5.12. The smallest absolute Gasteiger partial charge is 0.277 e. The van der Waals surface area contributed by atoms with Crippen molar-refractivity contribution in [3.63, 3.8) is 0 Å². The summed E-state index contributed by atoms with van der Waals surface area (Å²) in [5.41, 5.74) is 6.31. The number of benzene rings is 2. The minimum atomic E-state index is -0.304. The van der Waals surface area contributed by atoms with Crippen LogP contribution in [0.5, 0.6) is 11.5 Å². The van der Waals surface area contributed by atoms with Crippen molar-refractivity contribution in [2.24, 2.45) is 5.10 Å². The lowest BCUT2D eigenvalue weighted by Crippen LogP contribution is -2.25. The average Bonchev–Trinajstić information content (AvgIpc) is 2.57. The lowest BCUT2D eigenvalue weighted by molar-refractivity contribution is -0.123. The van der Waals surface area contributed by atoms with Gasteiger partial charge >= 0.3 is 0 Å². The second kappa shape index (κ2) is 8.15. The largest absolute Gasteiger partial charge is 0.497 e. The van der Waals surface area contributed by atoms with Gasteiger partial charge in [-0.05, 0) is 73.9 Å². The highest BCUT2D eigenvalue weighted by Gasteiger charge is 2.04. The lowest BCUT2D eigenvalue weighted by Gasteiger charge is -2.08. The van der Waals surface area contributed by atoms with Gasteiger partial charge in [-0.1, -0.05) is 6.07 Å². The molecular weight excluding hydrogens is 304 g/mol. The highest BCUT2D eigenvalue weighted by Crippen LogP contribution is 2.16. The summed E-state index contributed by atoms with van der Waals surface area (Å²) in [6.07, 6.45) is 0. The van der Waals surface area contributed by atoms with E-state index in [0.29, 0.717) is 11.5 Å². The van der Waals surface area contributed by atoms with Gasteiger partial charge in [0.15, 0.2) is 6.61 Å². The van der Waals surface area contributed by atoms with Crippen LogP contribution in [0.1, 0.15) is 23.6 Å². The Morgan fingerprint density at radius 2 is 1.67 bits per heavy atom. The Morgan fingerprint density at radius 3 is 2.25 bits per heavy atom. The van der Waals surface area contributed by atoms with Crippen molar-refractivity contribution in [3.05, 3.63) is 59.2 Å². The van der Waals surface area contributed by atoms with Gasteiger partial charge in [0.2, 0.25) is 0 Å². The second-order valence-corrected chi connectivity index (χ2v) is 5.57. The Balaban J connectivity index is 1.89. The molecule has 5 nitrogen and oxygen atoms in total. The third-order valence-electron chi connectivity index (χ3n) is 3.42. The van der Waals surface area contributed by atoms with Crippen LogP contribution in [-0.4, -0.2) is 25.3 Å². The van der Waals surface area contributed by atoms with Crippen molar-refractivity contribution in [3.8, 4) is 11.5 Å². The number of ether oxygens (including phenoxy) is 2. The molecule has 0 saturated carbocycles. The molecule has 0 aliphatic carbocycles. The van der Waals surface area contributed by atoms with Gasteiger partial charge in [-0.15, -0.1) is 0 Å². The molecule has 0 heterocycles. The van der Waals surface area contributed by atoms with E-state index >= 15 is 0 Å². The maximum atomic E-state index is 11.9. The highest BCUT2D eigenvalue weighted by atomic mass is 16.5. The molecule has 0 saturated heterocycles. The maximum absolute atomic E-state index is 11.9. The van der Waals surface area contributed by atoms with E-state index in [1.165, 1.54) is 0 Å². The maximum Gasteiger partial charge on any atom is 0.277 e. The Morgan fingerprint density at radius 1 is 1.04 bits per heavy atom. The molecular formula is C19H22N2O3. The number of nitrogens with zero attached hydrogens (tertiary/aromatic N) is 1. The zero-order valence-corrected chi connectivity index (χ0v) is 14.4. The van der Waals surface area contributed by atoms with E-state index in [1.54, 1.807) is 7.11 Å². The fourth-order valence-corrected chi connectivity index (χ4v) is 2.24. The van der Waals surface area contributed by atoms with Crippen molar-refractivity contribution >= 4 is 11.6 Å². The lowest BCUT2D eigenvalue weighted by atomic mass is 10.1. The fourth-order valence-electron chi connectivity index (χ4n) is 2.24. The monoisotopic (exact) mass is 326 g/mol. The first kappa shape index (κ1) is 17.5. The number of hydrazone groups is 1. The number of hydrogen-bond donors (Lipinski definition) is 1. The van der Waals surface area contributed by atoms with Crippen LogP contribution >= 0.6 is 0 Å². The molecule has 1 N–H and O–H groups in total. The summed E-state index contributed by atoms with van der Waals surface area (Å²) < 4.78 is 10.6. The predicted molar refractivity (Wildman–Crippen MR) is 94.8 cm³/mol. The number of aryl methyl sites for hydroxylation is 2. The van der Waals surface area contributed by atoms with Gasteiger partial charge in [0.05, 0.1) is 12.8 Å². The Bertz CT molecular complexity index is 717. The number of hydrogen-bond acceptors (Lipinski definition) is 4. The quantitative estimate of drug-likeness (QED) is 0.655. The zero-order valence-electron chi connectivity index (χ0n) is 14.4. The minimum Gasteiger partial charge on any atom is -0.497 e. The van der Waals surface area contributed by atoms with Crippen molar-refractivity contribution in [1.82, 2.24) is 5.43 Å². The van der Waals surface area contributed by atoms with Crippen molar-refractivity contribution in [2.75, 3.05) is 13.7 Å². The van der Waals surface area contributed by atoms with Gasteiger partial charge in [0, 0.05) is 0 Å². The number of carbonyl (C=O) groups is 1. The molecule has 0 atom stereocenters. The standard InChI is InChI=1S/C19H22N2O3/c1-13-9-14(2)11-18(10-13)24-12-19(22)21-20-15(3)16-5-7-17(23-4)8-6-16/h5-11H,12H2,1-4H3,(H,21,22)/b20-15-. The van der Waals surface area contributed by atoms with E-state index in [4.69, 9.17) is 9.47 Å². The molecule has 0 aliphatic rings. The summed E-state index contributed by atoms with van der Waals surface area (Å²) >= 11 is 0. The van der Waals surface area contributed by atoms with E-state index in [0.717, 1.165) is 22.4 Å². The van der Waals surface area contributed by atoms with Gasteiger partial charge in [0.25, 0.3) is 5.91 Å². The minimum absolute atomic E-state index is 0.0811. The molecule has 2 aromatic carbocycles. The van der Waals surface area contributed by atoms with Crippen molar-refractivity contribution < 1.29 is 14.3 Å². The van der Waals surface area contributed by atoms with E-state index < -0.39 is 0 Å². The topological polar surface area (TPSA) is 59.9 Å². The zero-order chi connectivity index (χ0) is 17.5. The fraction of sp³-hybridized carbons (Fsp3) is 0.263. The van der Waals surface area contributed by atoms with Crippen molar-refractivity contribution in [1.29, 1.82) is 0 Å². The van der Waals surface area contributed by atoms with Gasteiger partial charge in [0.1, 0.15) is 11.5 Å². The first-order valence-electron chi connectivity index (χ1n) is 7.66. The number of nitrogens with one attached hydrogen (secondary N) is 1. The highest BCUT2D eigenvalue weighted by molar-refractivity contribution is 5.99. The summed E-state index contributed by atoms with van der Waals surface area (Å²) in [5.74, 6) is 1.15. The molecule has 0 aliphatic heterocycles. The molecule has 0 bridgehead atoms. The Hall–Kier alpha value is -2.82. The normalized spacial score (nSPS) is 11.1. The van der Waals surface area contributed by atoms with Crippen LogP contribution in [0.2, 0.25) is 0 Å². The molecule has 2 aromatic rings. The summed E-state index contributed by atoms with van der Waals surface area (Å²) in [6, 6.07) is 13.3. The average molecular weight is 326 g/mol. The first-order valence-corrected chi connectivity index (χ1v) is 7.66. The third-order valence-corrected chi connectivity index (χ3v) is 3.42. The molecule has 0 aromatic heterocycles. The molecule has 2 rings (SSSR count). The molecule has 5 heteroatoms. The molecule has 126 valence electrons.